The van der Waals surface area contributed by atoms with Gasteiger partial charge in [-0.15, -0.1) is 0 Å². The largest absolute Gasteiger partial charge is 0.376 e. The molecule has 3 rings (SSSR count). The average Bonchev–Trinajstić information content (AvgIpc) is 3.18. The van der Waals surface area contributed by atoms with E-state index in [0.29, 0.717) is 5.69 Å². The number of hydrogen-bond acceptors (Lipinski definition) is 5. The molecule has 0 aromatic carbocycles. The number of hydrogen-bond donors (Lipinski definition) is 3. The van der Waals surface area contributed by atoms with Crippen LogP contribution in [0.3, 0.4) is 0 Å². The number of nitrogens with one attached hydrogen (secondary N) is 3. The van der Waals surface area contributed by atoms with Crippen LogP contribution in [0.4, 0.5) is 0 Å². The number of carbonyl (C=O) groups excluding carboxylic acids is 1. The number of ether oxygens (including phenoxy) is 1. The molecule has 0 saturated carbocycles. The second kappa shape index (κ2) is 8.45. The van der Waals surface area contributed by atoms with E-state index in [2.05, 4.69) is 25.1 Å². The van der Waals surface area contributed by atoms with Gasteiger partial charge in [0.1, 0.15) is 0 Å². The molecule has 1 amide bonds. The molecular weight excluding hydrogens is 366 g/mol. The number of aromatic amines is 2. The van der Waals surface area contributed by atoms with Crippen molar-refractivity contribution in [3.8, 4) is 0 Å². The maximum atomic E-state index is 12.0. The van der Waals surface area contributed by atoms with Gasteiger partial charge in [0.05, 0.1) is 18.7 Å². The number of H-pyrrole nitrogens is 2. The molecule has 0 unspecified atom stereocenters. The third-order valence-corrected chi connectivity index (χ3v) is 4.79. The zero-order valence-electron chi connectivity index (χ0n) is 15.4. The fourth-order valence-corrected chi connectivity index (χ4v) is 3.46. The molecule has 1 fully saturated rings. The first-order valence-electron chi connectivity index (χ1n) is 8.85. The highest BCUT2D eigenvalue weighted by Gasteiger charge is 2.18. The zero-order valence-corrected chi connectivity index (χ0v) is 16.2. The summed E-state index contributed by atoms with van der Waals surface area (Å²) in [4.78, 5) is 28.6. The molecule has 3 N–H and O–H groups in total. The van der Waals surface area contributed by atoms with Gasteiger partial charge in [-0.2, -0.15) is 5.10 Å². The van der Waals surface area contributed by atoms with Crippen molar-refractivity contribution < 1.29 is 9.53 Å². The molecule has 1 saturated heterocycles. The summed E-state index contributed by atoms with van der Waals surface area (Å²) in [5, 5.41) is 4.03. The molecule has 1 atom stereocenters. The first-order valence-corrected chi connectivity index (χ1v) is 9.26. The number of rotatable bonds is 6. The third-order valence-electron chi connectivity index (χ3n) is 4.58. The Morgan fingerprint density at radius 1 is 1.44 bits per heavy atom. The molecule has 144 valence electrons. The van der Waals surface area contributed by atoms with E-state index in [-0.39, 0.29) is 28.8 Å². The lowest BCUT2D eigenvalue weighted by molar-refractivity contribution is -0.120. The van der Waals surface area contributed by atoms with Crippen molar-refractivity contribution in [1.29, 1.82) is 0 Å². The molecule has 8 nitrogen and oxygen atoms in total. The number of aryl methyl sites for hydroxylation is 1. The van der Waals surface area contributed by atoms with E-state index in [1.54, 1.807) is 6.21 Å². The molecule has 1 aliphatic heterocycles. The topological polar surface area (TPSA) is 104 Å². The highest BCUT2D eigenvalue weighted by Crippen LogP contribution is 2.19. The minimum atomic E-state index is -0.344. The van der Waals surface area contributed by atoms with Gasteiger partial charge in [-0.05, 0) is 45.0 Å². The van der Waals surface area contributed by atoms with Gasteiger partial charge >= 0.3 is 0 Å². The first-order chi connectivity index (χ1) is 12.9. The standard InChI is InChI=1S/C18H23N5O3S/c1-11-6-13(12(2)23(11)10-15-4-3-5-26-15)9-19-22-17(25)8-14-7-16(24)21-18(27)20-14/h6-7,9,15H,3-5,8,10H2,1-2H3,(H,22,25)(H2,20,21,24,27)/b19-9-/t15-/m1/s1. The minimum absolute atomic E-state index is 0.0110. The molecule has 0 bridgehead atoms. The Labute approximate surface area is 161 Å². The van der Waals surface area contributed by atoms with Crippen LogP contribution >= 0.6 is 12.2 Å². The Morgan fingerprint density at radius 2 is 2.26 bits per heavy atom. The van der Waals surface area contributed by atoms with Crippen LogP contribution in [0, 0.1) is 18.6 Å². The Hall–Kier alpha value is -2.52. The summed E-state index contributed by atoms with van der Waals surface area (Å²) >= 11 is 4.89. The third kappa shape index (κ3) is 5.01. The Balaban J connectivity index is 1.61. The van der Waals surface area contributed by atoms with E-state index < -0.39 is 0 Å². The van der Waals surface area contributed by atoms with Crippen LogP contribution in [-0.4, -0.2) is 39.4 Å². The van der Waals surface area contributed by atoms with Gasteiger partial charge in [0.15, 0.2) is 4.77 Å². The minimum Gasteiger partial charge on any atom is -0.376 e. The summed E-state index contributed by atoms with van der Waals surface area (Å²) in [6.45, 7) is 5.75. The first kappa shape index (κ1) is 19.2. The van der Waals surface area contributed by atoms with Crippen molar-refractivity contribution in [3.63, 3.8) is 0 Å². The van der Waals surface area contributed by atoms with Crippen molar-refractivity contribution in [2.75, 3.05) is 6.61 Å². The van der Waals surface area contributed by atoms with Crippen LogP contribution in [0.2, 0.25) is 0 Å². The number of aromatic nitrogens is 3. The normalized spacial score (nSPS) is 16.9. The molecule has 2 aromatic rings. The fraction of sp³-hybridized carbons (Fsp3) is 0.444. The second-order valence-electron chi connectivity index (χ2n) is 6.66. The zero-order chi connectivity index (χ0) is 19.4. The van der Waals surface area contributed by atoms with Crippen LogP contribution in [-0.2, 0) is 22.5 Å². The van der Waals surface area contributed by atoms with Gasteiger partial charge in [0.2, 0.25) is 5.91 Å². The smallest absolute Gasteiger partial charge is 0.251 e. The molecule has 3 heterocycles. The number of carbonyl (C=O) groups is 1. The molecule has 0 spiro atoms. The van der Waals surface area contributed by atoms with Crippen molar-refractivity contribution >= 4 is 24.3 Å². The van der Waals surface area contributed by atoms with Crippen molar-refractivity contribution in [3.05, 3.63) is 49.9 Å². The van der Waals surface area contributed by atoms with E-state index >= 15 is 0 Å². The summed E-state index contributed by atoms with van der Waals surface area (Å²) in [5.41, 5.74) is 5.73. The van der Waals surface area contributed by atoms with Crippen LogP contribution in [0.5, 0.6) is 0 Å². The summed E-state index contributed by atoms with van der Waals surface area (Å²) in [6, 6.07) is 3.34. The second-order valence-corrected chi connectivity index (χ2v) is 7.06. The fourth-order valence-electron chi connectivity index (χ4n) is 3.23. The van der Waals surface area contributed by atoms with Gasteiger partial charge in [0, 0.05) is 41.9 Å². The lowest BCUT2D eigenvalue weighted by Gasteiger charge is -2.14. The monoisotopic (exact) mass is 389 g/mol. The molecule has 0 aliphatic carbocycles. The highest BCUT2D eigenvalue weighted by atomic mass is 32.1. The summed E-state index contributed by atoms with van der Waals surface area (Å²) in [5.74, 6) is -0.337. The van der Waals surface area contributed by atoms with Gasteiger partial charge < -0.3 is 14.3 Å². The van der Waals surface area contributed by atoms with Crippen LogP contribution in [0.15, 0.2) is 22.0 Å². The number of hydrazone groups is 1. The van der Waals surface area contributed by atoms with E-state index in [0.717, 1.165) is 42.9 Å². The SMILES string of the molecule is Cc1cc(/C=N\NC(=O)Cc2cc(=O)[nH]c(=S)[nH]2)c(C)n1C[C@H]1CCCO1. The predicted molar refractivity (Wildman–Crippen MR) is 105 cm³/mol. The van der Waals surface area contributed by atoms with Crippen molar-refractivity contribution in [2.45, 2.75) is 45.8 Å². The molecule has 2 aromatic heterocycles. The lowest BCUT2D eigenvalue weighted by atomic mass is 10.2. The van der Waals surface area contributed by atoms with E-state index in [4.69, 9.17) is 17.0 Å². The van der Waals surface area contributed by atoms with Crippen LogP contribution in [0.1, 0.15) is 35.5 Å². The van der Waals surface area contributed by atoms with Crippen LogP contribution < -0.4 is 11.0 Å². The Kier molecular flexibility index (Phi) is 6.02. The van der Waals surface area contributed by atoms with Crippen molar-refractivity contribution in [1.82, 2.24) is 20.0 Å². The Bertz CT molecular complexity index is 938. The Morgan fingerprint density at radius 3 is 2.96 bits per heavy atom. The number of amides is 1. The molecule has 0 radical (unpaired) electrons. The molecule has 1 aliphatic rings. The van der Waals surface area contributed by atoms with Gasteiger partial charge in [-0.25, -0.2) is 5.43 Å². The van der Waals surface area contributed by atoms with Crippen molar-refractivity contribution in [2.24, 2.45) is 5.10 Å². The predicted octanol–water partition coefficient (Wildman–Crippen LogP) is 1.72. The van der Waals surface area contributed by atoms with E-state index in [1.165, 1.54) is 6.07 Å². The van der Waals surface area contributed by atoms with Gasteiger partial charge in [0.25, 0.3) is 5.56 Å². The van der Waals surface area contributed by atoms with E-state index in [1.807, 2.05) is 19.9 Å². The summed E-state index contributed by atoms with van der Waals surface area (Å²) in [7, 11) is 0. The summed E-state index contributed by atoms with van der Waals surface area (Å²) < 4.78 is 8.12. The van der Waals surface area contributed by atoms with Gasteiger partial charge in [-0.1, -0.05) is 0 Å². The van der Waals surface area contributed by atoms with E-state index in [9.17, 15) is 9.59 Å². The summed E-state index contributed by atoms with van der Waals surface area (Å²) in [6.07, 6.45) is 4.08. The quantitative estimate of drug-likeness (QED) is 0.397. The maximum absolute atomic E-state index is 12.0. The van der Waals surface area contributed by atoms with Crippen LogP contribution in [0.25, 0.3) is 0 Å². The van der Waals surface area contributed by atoms with Gasteiger partial charge in [-0.3, -0.25) is 14.6 Å². The average molecular weight is 389 g/mol. The molecular formula is C18H23N5O3S. The lowest BCUT2D eigenvalue weighted by Crippen LogP contribution is -2.22. The highest BCUT2D eigenvalue weighted by molar-refractivity contribution is 7.71. The maximum Gasteiger partial charge on any atom is 0.251 e. The number of nitrogens with zero attached hydrogens (tertiary/aromatic N) is 2. The molecule has 9 heteroatoms. The molecule has 27 heavy (non-hydrogen) atoms.